The van der Waals surface area contributed by atoms with Crippen molar-refractivity contribution in [2.45, 2.75) is 18.9 Å². The van der Waals surface area contributed by atoms with Crippen molar-refractivity contribution in [3.8, 4) is 0 Å². The number of rotatable bonds is 4. The molecule has 0 amide bonds. The number of nitrogens with two attached hydrogens (primary N) is 1. The highest BCUT2D eigenvalue weighted by Crippen LogP contribution is 2.15. The van der Waals surface area contributed by atoms with Crippen molar-refractivity contribution in [1.82, 2.24) is 0 Å². The average molecular weight is 187 g/mol. The van der Waals surface area contributed by atoms with Gasteiger partial charge in [-0.2, -0.15) is 0 Å². The predicted octanol–water partition coefficient (Wildman–Crippen LogP) is -0.0442. The molecule has 2 unspecified atom stereocenters. The van der Waals surface area contributed by atoms with E-state index in [4.69, 9.17) is 15.2 Å². The summed E-state index contributed by atoms with van der Waals surface area (Å²) in [7, 11) is 1.55. The van der Waals surface area contributed by atoms with Crippen LogP contribution >= 0.6 is 0 Å². The van der Waals surface area contributed by atoms with E-state index in [1.54, 1.807) is 7.11 Å². The van der Waals surface area contributed by atoms with Crippen molar-refractivity contribution in [3.63, 3.8) is 0 Å². The van der Waals surface area contributed by atoms with Gasteiger partial charge in [-0.1, -0.05) is 0 Å². The van der Waals surface area contributed by atoms with Crippen LogP contribution in [0.4, 0.5) is 0 Å². The summed E-state index contributed by atoms with van der Waals surface area (Å²) in [4.78, 5) is 11.6. The van der Waals surface area contributed by atoms with Crippen molar-refractivity contribution in [2.75, 3.05) is 26.9 Å². The lowest BCUT2D eigenvalue weighted by atomic mass is 9.93. The molecule has 1 rings (SSSR count). The van der Waals surface area contributed by atoms with E-state index in [0.717, 1.165) is 19.4 Å². The lowest BCUT2D eigenvalue weighted by Crippen LogP contribution is -2.41. The van der Waals surface area contributed by atoms with Gasteiger partial charge in [-0.05, 0) is 12.8 Å². The van der Waals surface area contributed by atoms with Gasteiger partial charge < -0.3 is 15.2 Å². The van der Waals surface area contributed by atoms with Crippen LogP contribution < -0.4 is 5.73 Å². The fourth-order valence-corrected chi connectivity index (χ4v) is 1.53. The number of carbonyl (C=O) groups excluding carboxylic acids is 1. The van der Waals surface area contributed by atoms with Gasteiger partial charge in [0.25, 0.3) is 0 Å². The standard InChI is InChI=1S/C9H17NO3/c1-12-6-8(10)9(11)7-3-2-4-13-5-7/h7-8H,2-6,10H2,1H3. The Morgan fingerprint density at radius 3 is 3.08 bits per heavy atom. The third kappa shape index (κ3) is 3.06. The van der Waals surface area contributed by atoms with Crippen molar-refractivity contribution < 1.29 is 14.3 Å². The van der Waals surface area contributed by atoms with Gasteiger partial charge in [-0.25, -0.2) is 0 Å². The molecular weight excluding hydrogens is 170 g/mol. The number of hydrogen-bond donors (Lipinski definition) is 1. The minimum atomic E-state index is -0.489. The van der Waals surface area contributed by atoms with Crippen molar-refractivity contribution in [1.29, 1.82) is 0 Å². The van der Waals surface area contributed by atoms with Crippen molar-refractivity contribution in [3.05, 3.63) is 0 Å². The lowest BCUT2D eigenvalue weighted by Gasteiger charge is -2.23. The monoisotopic (exact) mass is 187 g/mol. The molecule has 13 heavy (non-hydrogen) atoms. The first-order valence-electron chi connectivity index (χ1n) is 4.61. The Balaban J connectivity index is 2.36. The molecule has 0 radical (unpaired) electrons. The van der Waals surface area contributed by atoms with E-state index in [1.807, 2.05) is 0 Å². The van der Waals surface area contributed by atoms with Crippen molar-refractivity contribution >= 4 is 5.78 Å². The Kier molecular flexibility index (Phi) is 4.35. The maximum Gasteiger partial charge on any atom is 0.157 e. The van der Waals surface area contributed by atoms with Crippen LogP contribution in [0.1, 0.15) is 12.8 Å². The quantitative estimate of drug-likeness (QED) is 0.670. The second kappa shape index (κ2) is 5.32. The number of methoxy groups -OCH3 is 1. The molecule has 0 aromatic carbocycles. The molecule has 2 N–H and O–H groups in total. The van der Waals surface area contributed by atoms with Crippen LogP contribution in [0.25, 0.3) is 0 Å². The Morgan fingerprint density at radius 2 is 2.54 bits per heavy atom. The van der Waals surface area contributed by atoms with E-state index in [2.05, 4.69) is 0 Å². The zero-order valence-corrected chi connectivity index (χ0v) is 7.99. The summed E-state index contributed by atoms with van der Waals surface area (Å²) in [6.07, 6.45) is 1.85. The second-order valence-electron chi connectivity index (χ2n) is 3.38. The summed E-state index contributed by atoms with van der Waals surface area (Å²) in [5.74, 6) is 0.0560. The van der Waals surface area contributed by atoms with Crippen LogP contribution in [0.3, 0.4) is 0 Å². The molecular formula is C9H17NO3. The minimum absolute atomic E-state index is 0.0149. The zero-order valence-electron chi connectivity index (χ0n) is 7.99. The molecule has 1 fully saturated rings. The maximum atomic E-state index is 11.6. The Bertz CT molecular complexity index is 166. The number of ether oxygens (including phenoxy) is 2. The van der Waals surface area contributed by atoms with E-state index in [1.165, 1.54) is 0 Å². The third-order valence-electron chi connectivity index (χ3n) is 2.27. The Hall–Kier alpha value is -0.450. The van der Waals surface area contributed by atoms with E-state index in [-0.39, 0.29) is 11.7 Å². The summed E-state index contributed by atoms with van der Waals surface area (Å²) in [5.41, 5.74) is 5.63. The highest BCUT2D eigenvalue weighted by Gasteiger charge is 2.26. The van der Waals surface area contributed by atoms with Crippen LogP contribution in [0.15, 0.2) is 0 Å². The summed E-state index contributed by atoms with van der Waals surface area (Å²) in [6, 6.07) is -0.489. The first-order chi connectivity index (χ1) is 6.25. The Morgan fingerprint density at radius 1 is 1.77 bits per heavy atom. The zero-order chi connectivity index (χ0) is 9.68. The van der Waals surface area contributed by atoms with Crippen molar-refractivity contribution in [2.24, 2.45) is 11.7 Å². The molecule has 1 aliphatic heterocycles. The van der Waals surface area contributed by atoms with E-state index >= 15 is 0 Å². The van der Waals surface area contributed by atoms with Gasteiger partial charge in [0, 0.05) is 19.6 Å². The summed E-state index contributed by atoms with van der Waals surface area (Å²) in [6.45, 7) is 1.59. The second-order valence-corrected chi connectivity index (χ2v) is 3.38. The van der Waals surface area contributed by atoms with E-state index < -0.39 is 6.04 Å². The highest BCUT2D eigenvalue weighted by molar-refractivity contribution is 5.86. The van der Waals surface area contributed by atoms with Gasteiger partial charge in [0.05, 0.1) is 19.3 Å². The van der Waals surface area contributed by atoms with Crippen LogP contribution in [0.2, 0.25) is 0 Å². The highest BCUT2D eigenvalue weighted by atomic mass is 16.5. The van der Waals surface area contributed by atoms with Gasteiger partial charge >= 0.3 is 0 Å². The topological polar surface area (TPSA) is 61.5 Å². The molecule has 76 valence electrons. The van der Waals surface area contributed by atoms with Crippen LogP contribution in [-0.4, -0.2) is 38.8 Å². The van der Waals surface area contributed by atoms with Gasteiger partial charge in [0.15, 0.2) is 5.78 Å². The molecule has 4 nitrogen and oxygen atoms in total. The molecule has 0 aromatic heterocycles. The van der Waals surface area contributed by atoms with Crippen LogP contribution in [0, 0.1) is 5.92 Å². The first kappa shape index (κ1) is 10.6. The number of Topliss-reactive ketones (excluding diaryl/α,β-unsaturated/α-hetero) is 1. The molecule has 2 atom stereocenters. The van der Waals surface area contributed by atoms with Gasteiger partial charge in [-0.3, -0.25) is 4.79 Å². The van der Waals surface area contributed by atoms with E-state index in [0.29, 0.717) is 13.2 Å². The molecule has 0 aromatic rings. The number of hydrogen-bond acceptors (Lipinski definition) is 4. The maximum absolute atomic E-state index is 11.6. The molecule has 1 heterocycles. The normalized spacial score (nSPS) is 25.5. The lowest BCUT2D eigenvalue weighted by molar-refractivity contribution is -0.129. The fraction of sp³-hybridized carbons (Fsp3) is 0.889. The smallest absolute Gasteiger partial charge is 0.157 e. The van der Waals surface area contributed by atoms with Crippen LogP contribution in [0.5, 0.6) is 0 Å². The average Bonchev–Trinajstić information content (AvgIpc) is 2.18. The SMILES string of the molecule is COCC(N)C(=O)C1CCCOC1. The van der Waals surface area contributed by atoms with Gasteiger partial charge in [-0.15, -0.1) is 0 Å². The van der Waals surface area contributed by atoms with Gasteiger partial charge in [0.2, 0.25) is 0 Å². The Labute approximate surface area is 78.4 Å². The van der Waals surface area contributed by atoms with Gasteiger partial charge in [0.1, 0.15) is 0 Å². The predicted molar refractivity (Wildman–Crippen MR) is 48.4 cm³/mol. The molecule has 0 bridgehead atoms. The summed E-state index contributed by atoms with van der Waals surface area (Å²) in [5, 5.41) is 0. The molecule has 1 aliphatic rings. The molecule has 4 heteroatoms. The number of ketones is 1. The fourth-order valence-electron chi connectivity index (χ4n) is 1.53. The summed E-state index contributed by atoms with van der Waals surface area (Å²) < 4.78 is 10.0. The molecule has 0 aliphatic carbocycles. The van der Waals surface area contributed by atoms with E-state index in [9.17, 15) is 4.79 Å². The molecule has 0 spiro atoms. The molecule has 1 saturated heterocycles. The summed E-state index contributed by atoms with van der Waals surface area (Å²) >= 11 is 0. The molecule has 0 saturated carbocycles. The minimum Gasteiger partial charge on any atom is -0.383 e. The number of carbonyl (C=O) groups is 1. The van der Waals surface area contributed by atoms with Crippen LogP contribution in [-0.2, 0) is 14.3 Å². The third-order valence-corrected chi connectivity index (χ3v) is 2.27. The first-order valence-corrected chi connectivity index (χ1v) is 4.61. The largest absolute Gasteiger partial charge is 0.383 e.